The van der Waals surface area contributed by atoms with Crippen molar-refractivity contribution in [3.8, 4) is 11.8 Å². The summed E-state index contributed by atoms with van der Waals surface area (Å²) in [5.74, 6) is 1.96. The standard InChI is InChI=1S/C17H17ClF2IN3S/c1-2-3-7-23-10-8-11(18)24-14-13(21)16(25-15(10)14)12-9(22)5-4-6-17(12,19)20/h8-9,12H,4-7,22H2,1H3,(H,23,24)/t9-,12-/m0/s1. The minimum Gasteiger partial charge on any atom is -0.373 e. The summed E-state index contributed by atoms with van der Waals surface area (Å²) < 4.78 is 30.7. The third kappa shape index (κ3) is 3.72. The minimum atomic E-state index is -2.80. The van der Waals surface area contributed by atoms with E-state index in [-0.39, 0.29) is 6.42 Å². The Bertz CT molecular complexity index is 859. The number of fused-ring (bicyclic) bond motifs is 1. The van der Waals surface area contributed by atoms with Crippen LogP contribution < -0.4 is 11.1 Å². The molecule has 0 amide bonds. The number of nitrogens with zero attached hydrogens (tertiary/aromatic N) is 1. The van der Waals surface area contributed by atoms with Gasteiger partial charge in [-0.2, -0.15) is 0 Å². The Labute approximate surface area is 167 Å². The number of nitrogens with one attached hydrogen (secondary N) is 1. The molecule has 1 aliphatic carbocycles. The van der Waals surface area contributed by atoms with Crippen LogP contribution in [0.3, 0.4) is 0 Å². The Morgan fingerprint density at radius 1 is 1.56 bits per heavy atom. The number of pyridine rings is 1. The minimum absolute atomic E-state index is 0.124. The normalized spacial score (nSPS) is 22.5. The van der Waals surface area contributed by atoms with Gasteiger partial charge in [-0.05, 0) is 42.4 Å². The van der Waals surface area contributed by atoms with Gasteiger partial charge in [0.15, 0.2) is 0 Å². The highest BCUT2D eigenvalue weighted by Crippen LogP contribution is 2.50. The molecule has 1 saturated carbocycles. The molecule has 134 valence electrons. The van der Waals surface area contributed by atoms with Crippen molar-refractivity contribution in [2.24, 2.45) is 5.73 Å². The van der Waals surface area contributed by atoms with Gasteiger partial charge < -0.3 is 11.1 Å². The molecule has 0 unspecified atom stereocenters. The van der Waals surface area contributed by atoms with E-state index < -0.39 is 17.9 Å². The molecular formula is C17H17ClF2IN3S. The van der Waals surface area contributed by atoms with Crippen LogP contribution in [0.1, 0.15) is 37.0 Å². The van der Waals surface area contributed by atoms with Crippen LogP contribution in [0.4, 0.5) is 14.5 Å². The van der Waals surface area contributed by atoms with Crippen molar-refractivity contribution in [2.45, 2.75) is 44.1 Å². The number of anilines is 1. The van der Waals surface area contributed by atoms with Gasteiger partial charge in [0, 0.05) is 23.4 Å². The molecule has 0 aliphatic heterocycles. The summed E-state index contributed by atoms with van der Waals surface area (Å²) in [7, 11) is 0. The van der Waals surface area contributed by atoms with Crippen molar-refractivity contribution in [1.29, 1.82) is 0 Å². The number of aromatic nitrogens is 1. The molecule has 0 saturated heterocycles. The molecule has 3 N–H and O–H groups in total. The van der Waals surface area contributed by atoms with Crippen LogP contribution in [0, 0.1) is 15.4 Å². The molecule has 8 heteroatoms. The van der Waals surface area contributed by atoms with Gasteiger partial charge in [-0.25, -0.2) is 13.8 Å². The van der Waals surface area contributed by atoms with Crippen LogP contribution in [0.15, 0.2) is 6.07 Å². The van der Waals surface area contributed by atoms with Crippen LogP contribution >= 0.6 is 45.5 Å². The van der Waals surface area contributed by atoms with Gasteiger partial charge in [-0.3, -0.25) is 0 Å². The smallest absolute Gasteiger partial charge is 0.257 e. The van der Waals surface area contributed by atoms with Gasteiger partial charge >= 0.3 is 0 Å². The lowest BCUT2D eigenvalue weighted by atomic mass is 9.81. The highest BCUT2D eigenvalue weighted by atomic mass is 127. The highest BCUT2D eigenvalue weighted by Gasteiger charge is 2.48. The molecule has 1 fully saturated rings. The Hall–Kier alpha value is -0.690. The van der Waals surface area contributed by atoms with Crippen LogP contribution in [-0.2, 0) is 0 Å². The summed E-state index contributed by atoms with van der Waals surface area (Å²) in [5, 5.41) is 3.52. The first kappa shape index (κ1) is 19.1. The first-order chi connectivity index (χ1) is 11.8. The summed E-state index contributed by atoms with van der Waals surface area (Å²) in [6.45, 7) is 2.21. The third-order valence-electron chi connectivity index (χ3n) is 4.34. The van der Waals surface area contributed by atoms with Crippen LogP contribution in [-0.4, -0.2) is 23.5 Å². The fourth-order valence-corrected chi connectivity index (χ4v) is 5.98. The average Bonchev–Trinajstić information content (AvgIpc) is 2.84. The summed E-state index contributed by atoms with van der Waals surface area (Å²) in [4.78, 5) is 4.96. The predicted molar refractivity (Wildman–Crippen MR) is 109 cm³/mol. The molecule has 0 bridgehead atoms. The van der Waals surface area contributed by atoms with Crippen molar-refractivity contribution in [1.82, 2.24) is 4.98 Å². The SMILES string of the molecule is CC#CCNc1cc(Cl)nc2c(I)c([C@@H]3[C@@H](N)CCCC3(F)F)sc12. The van der Waals surface area contributed by atoms with E-state index in [4.69, 9.17) is 17.3 Å². The Balaban J connectivity index is 2.12. The maximum absolute atomic E-state index is 14.6. The summed E-state index contributed by atoms with van der Waals surface area (Å²) >= 11 is 9.55. The number of hydrogen-bond donors (Lipinski definition) is 2. The largest absolute Gasteiger partial charge is 0.373 e. The monoisotopic (exact) mass is 495 g/mol. The van der Waals surface area contributed by atoms with E-state index in [9.17, 15) is 8.78 Å². The van der Waals surface area contributed by atoms with Crippen molar-refractivity contribution < 1.29 is 8.78 Å². The molecule has 0 aromatic carbocycles. The quantitative estimate of drug-likeness (QED) is 0.349. The van der Waals surface area contributed by atoms with Crippen molar-refractivity contribution >= 4 is 61.4 Å². The van der Waals surface area contributed by atoms with Crippen molar-refractivity contribution in [3.05, 3.63) is 19.7 Å². The lowest BCUT2D eigenvalue weighted by Gasteiger charge is -2.35. The number of alkyl halides is 2. The molecule has 3 nitrogen and oxygen atoms in total. The molecule has 3 rings (SSSR count). The molecule has 0 spiro atoms. The molecule has 2 heterocycles. The van der Waals surface area contributed by atoms with Crippen LogP contribution in [0.5, 0.6) is 0 Å². The lowest BCUT2D eigenvalue weighted by molar-refractivity contribution is -0.0603. The highest BCUT2D eigenvalue weighted by molar-refractivity contribution is 14.1. The second kappa shape index (κ2) is 7.51. The number of rotatable bonds is 3. The first-order valence-corrected chi connectivity index (χ1v) is 10.2. The van der Waals surface area contributed by atoms with E-state index >= 15 is 0 Å². The topological polar surface area (TPSA) is 50.9 Å². The second-order valence-electron chi connectivity index (χ2n) is 6.03. The number of halogens is 4. The Morgan fingerprint density at radius 3 is 3.00 bits per heavy atom. The number of nitrogens with two attached hydrogens (primary N) is 1. The number of thiophene rings is 1. The van der Waals surface area contributed by atoms with Crippen molar-refractivity contribution in [3.63, 3.8) is 0 Å². The Kier molecular flexibility index (Phi) is 5.73. The fraction of sp³-hybridized carbons (Fsp3) is 0.471. The van der Waals surface area contributed by atoms with Gasteiger partial charge in [-0.15, -0.1) is 17.3 Å². The molecule has 1 aliphatic rings. The van der Waals surface area contributed by atoms with E-state index in [1.54, 1.807) is 13.0 Å². The van der Waals surface area contributed by atoms with E-state index in [1.165, 1.54) is 11.3 Å². The fourth-order valence-electron chi connectivity index (χ4n) is 3.18. The average molecular weight is 496 g/mol. The lowest BCUT2D eigenvalue weighted by Crippen LogP contribution is -2.43. The van der Waals surface area contributed by atoms with Gasteiger partial charge in [0.1, 0.15) is 5.15 Å². The van der Waals surface area contributed by atoms with Crippen molar-refractivity contribution in [2.75, 3.05) is 11.9 Å². The van der Waals surface area contributed by atoms with Gasteiger partial charge in [0.2, 0.25) is 0 Å². The zero-order chi connectivity index (χ0) is 18.2. The summed E-state index contributed by atoms with van der Waals surface area (Å²) in [6.07, 6.45) is 0.940. The third-order valence-corrected chi connectivity index (χ3v) is 7.28. The van der Waals surface area contributed by atoms with Crippen LogP contribution in [0.2, 0.25) is 5.15 Å². The van der Waals surface area contributed by atoms with Gasteiger partial charge in [0.05, 0.1) is 31.9 Å². The molecular weight excluding hydrogens is 479 g/mol. The maximum Gasteiger partial charge on any atom is 0.257 e. The molecule has 0 radical (unpaired) electrons. The van der Waals surface area contributed by atoms with Gasteiger partial charge in [0.25, 0.3) is 5.92 Å². The summed E-state index contributed by atoms with van der Waals surface area (Å²) in [6, 6.07) is 1.15. The predicted octanol–water partition coefficient (Wildman–Crippen LogP) is 5.22. The van der Waals surface area contributed by atoms with E-state index in [0.717, 1.165) is 10.4 Å². The molecule has 2 atom stereocenters. The first-order valence-electron chi connectivity index (χ1n) is 7.90. The van der Waals surface area contributed by atoms with E-state index in [0.29, 0.717) is 38.5 Å². The zero-order valence-electron chi connectivity index (χ0n) is 13.5. The van der Waals surface area contributed by atoms with E-state index in [1.807, 2.05) is 0 Å². The molecule has 2 aromatic heterocycles. The van der Waals surface area contributed by atoms with E-state index in [2.05, 4.69) is 44.7 Å². The maximum atomic E-state index is 14.6. The Morgan fingerprint density at radius 2 is 2.32 bits per heavy atom. The molecule has 2 aromatic rings. The summed E-state index contributed by atoms with van der Waals surface area (Å²) in [5.41, 5.74) is 7.50. The zero-order valence-corrected chi connectivity index (χ0v) is 17.2. The molecule has 25 heavy (non-hydrogen) atoms. The number of hydrogen-bond acceptors (Lipinski definition) is 4. The van der Waals surface area contributed by atoms with Gasteiger partial charge in [-0.1, -0.05) is 17.5 Å². The van der Waals surface area contributed by atoms with Crippen LogP contribution in [0.25, 0.3) is 10.2 Å². The second-order valence-corrected chi connectivity index (χ2v) is 8.54.